The molecule has 0 heterocycles. The average Bonchev–Trinajstić information content (AvgIpc) is 2.12. The van der Waals surface area contributed by atoms with Crippen LogP contribution in [0.4, 0.5) is 0 Å². The van der Waals surface area contributed by atoms with Crippen LogP contribution in [0.1, 0.15) is 0 Å². The van der Waals surface area contributed by atoms with Crippen LogP contribution in [0.3, 0.4) is 0 Å². The summed E-state index contributed by atoms with van der Waals surface area (Å²) >= 11 is 0. The number of carbonyl (C=O) groups excluding carboxylic acids is 2. The second kappa shape index (κ2) is 14.9. The van der Waals surface area contributed by atoms with Crippen molar-refractivity contribution >= 4 is 11.9 Å². The van der Waals surface area contributed by atoms with Gasteiger partial charge in [0.1, 0.15) is 0 Å². The Hall–Kier alpha value is -1.58. The monoisotopic (exact) mass is 250 g/mol. The molecule has 82 valence electrons. The molecule has 0 spiro atoms. The van der Waals surface area contributed by atoms with Crippen LogP contribution in [0.25, 0.3) is 0 Å². The van der Waals surface area contributed by atoms with Crippen molar-refractivity contribution in [3.8, 4) is 0 Å². The minimum atomic E-state index is -1.19. The molecule has 0 aromatic heterocycles. The van der Waals surface area contributed by atoms with E-state index >= 15 is 0 Å². The minimum absolute atomic E-state index is 0. The van der Waals surface area contributed by atoms with Crippen LogP contribution >= 0.6 is 0 Å². The SMILES string of the molecule is C=CC=CC(=O)[O-].C=CC=CC(=O)[O-].[Fe+2]. The molecular weight excluding hydrogens is 240 g/mol. The summed E-state index contributed by atoms with van der Waals surface area (Å²) in [5.74, 6) is -2.39. The van der Waals surface area contributed by atoms with Crippen LogP contribution in [0.15, 0.2) is 49.6 Å². The Kier molecular flexibility index (Phi) is 19.0. The molecule has 0 aromatic carbocycles. The maximum Gasteiger partial charge on any atom is 2.00 e. The molecule has 15 heavy (non-hydrogen) atoms. The average molecular weight is 250 g/mol. The zero-order valence-corrected chi connectivity index (χ0v) is 8.97. The molecule has 0 saturated heterocycles. The fourth-order valence-corrected chi connectivity index (χ4v) is 0.293. The van der Waals surface area contributed by atoms with Gasteiger partial charge < -0.3 is 19.8 Å². The third-order valence-corrected chi connectivity index (χ3v) is 0.737. The van der Waals surface area contributed by atoms with Gasteiger partial charge in [-0.3, -0.25) is 0 Å². The summed E-state index contributed by atoms with van der Waals surface area (Å²) < 4.78 is 0. The summed E-state index contributed by atoms with van der Waals surface area (Å²) in [6.07, 6.45) is 7.16. The predicted molar refractivity (Wildman–Crippen MR) is 48.7 cm³/mol. The number of allylic oxidation sites excluding steroid dienone is 4. The Labute approximate surface area is 98.8 Å². The topological polar surface area (TPSA) is 80.3 Å². The third-order valence-electron chi connectivity index (χ3n) is 0.737. The summed E-state index contributed by atoms with van der Waals surface area (Å²) in [6.45, 7) is 6.51. The van der Waals surface area contributed by atoms with Gasteiger partial charge in [-0.05, 0) is 12.2 Å². The second-order valence-electron chi connectivity index (χ2n) is 1.83. The number of carbonyl (C=O) groups is 2. The Morgan fingerprint density at radius 3 is 1.20 bits per heavy atom. The summed E-state index contributed by atoms with van der Waals surface area (Å²) in [4.78, 5) is 19.0. The van der Waals surface area contributed by atoms with Crippen LogP contribution in [-0.4, -0.2) is 11.9 Å². The Morgan fingerprint density at radius 2 is 1.13 bits per heavy atom. The van der Waals surface area contributed by atoms with Crippen LogP contribution in [-0.2, 0) is 26.7 Å². The minimum Gasteiger partial charge on any atom is -0.545 e. The molecule has 0 aliphatic rings. The zero-order valence-electron chi connectivity index (χ0n) is 7.86. The standard InChI is InChI=1S/2C5H6O2.Fe/c2*1-2-3-4-5(6)7;/h2*2-4H,1H2,(H,6,7);/q;;+2/p-2. The molecule has 4 nitrogen and oxygen atoms in total. The largest absolute Gasteiger partial charge is 2.00 e. The van der Waals surface area contributed by atoms with E-state index in [0.29, 0.717) is 0 Å². The molecule has 0 N–H and O–H groups in total. The van der Waals surface area contributed by atoms with E-state index in [2.05, 4.69) is 13.2 Å². The van der Waals surface area contributed by atoms with Gasteiger partial charge >= 0.3 is 17.1 Å². The van der Waals surface area contributed by atoms with Gasteiger partial charge in [0.15, 0.2) is 0 Å². The van der Waals surface area contributed by atoms with Crippen molar-refractivity contribution in [2.75, 3.05) is 0 Å². The summed E-state index contributed by atoms with van der Waals surface area (Å²) in [7, 11) is 0. The maximum atomic E-state index is 9.51. The second-order valence-corrected chi connectivity index (χ2v) is 1.83. The Balaban J connectivity index is -0.000000180. The number of carboxylic acids is 2. The third kappa shape index (κ3) is 32.7. The molecule has 0 bridgehead atoms. The van der Waals surface area contributed by atoms with Crippen LogP contribution in [0.2, 0.25) is 0 Å². The van der Waals surface area contributed by atoms with Crippen molar-refractivity contribution in [2.45, 2.75) is 0 Å². The fourth-order valence-electron chi connectivity index (χ4n) is 0.293. The van der Waals surface area contributed by atoms with E-state index in [1.54, 1.807) is 0 Å². The van der Waals surface area contributed by atoms with Crippen LogP contribution in [0, 0.1) is 0 Å². The summed E-state index contributed by atoms with van der Waals surface area (Å²) in [6, 6.07) is 0. The zero-order chi connectivity index (χ0) is 11.4. The molecule has 0 rings (SSSR count). The molecule has 0 radical (unpaired) electrons. The van der Waals surface area contributed by atoms with Crippen molar-refractivity contribution < 1.29 is 36.9 Å². The number of hydrogen-bond donors (Lipinski definition) is 0. The number of carboxylic acid groups (broad SMARTS) is 2. The number of rotatable bonds is 4. The molecule has 0 unspecified atom stereocenters. The molecule has 0 saturated carbocycles. The molecule has 0 aliphatic heterocycles. The van der Waals surface area contributed by atoms with Crippen molar-refractivity contribution in [3.05, 3.63) is 49.6 Å². The summed E-state index contributed by atoms with van der Waals surface area (Å²) in [5, 5.41) is 19.0. The molecule has 0 amide bonds. The van der Waals surface area contributed by atoms with Gasteiger partial charge in [-0.25, -0.2) is 0 Å². The van der Waals surface area contributed by atoms with Crippen molar-refractivity contribution in [3.63, 3.8) is 0 Å². The Bertz CT molecular complexity index is 239. The smallest absolute Gasteiger partial charge is 0.545 e. The first-order chi connectivity index (χ1) is 6.54. The van der Waals surface area contributed by atoms with Gasteiger partial charge in [0, 0.05) is 0 Å². The summed E-state index contributed by atoms with van der Waals surface area (Å²) in [5.41, 5.74) is 0. The van der Waals surface area contributed by atoms with Crippen LogP contribution < -0.4 is 10.2 Å². The predicted octanol–water partition coefficient (Wildman–Crippen LogP) is -1.05. The van der Waals surface area contributed by atoms with Gasteiger partial charge in [-0.15, -0.1) is 0 Å². The quantitative estimate of drug-likeness (QED) is 0.362. The van der Waals surface area contributed by atoms with E-state index < -0.39 is 11.9 Å². The van der Waals surface area contributed by atoms with Crippen molar-refractivity contribution in [1.29, 1.82) is 0 Å². The fraction of sp³-hybridized carbons (Fsp3) is 0. The first kappa shape index (κ1) is 19.1. The molecular formula is C10H10FeO4. The van der Waals surface area contributed by atoms with Crippen LogP contribution in [0.5, 0.6) is 0 Å². The van der Waals surface area contributed by atoms with Gasteiger partial charge in [-0.2, -0.15) is 0 Å². The number of hydrogen-bond acceptors (Lipinski definition) is 4. The first-order valence-electron chi connectivity index (χ1n) is 3.54. The van der Waals surface area contributed by atoms with Gasteiger partial charge in [-0.1, -0.05) is 37.5 Å². The van der Waals surface area contributed by atoms with E-state index in [4.69, 9.17) is 0 Å². The molecule has 0 atom stereocenters. The Morgan fingerprint density at radius 1 is 0.867 bits per heavy atom. The molecule has 5 heteroatoms. The molecule has 0 aromatic rings. The molecule has 0 aliphatic carbocycles. The number of aliphatic carboxylic acids is 2. The van der Waals surface area contributed by atoms with E-state index in [1.165, 1.54) is 24.3 Å². The first-order valence-corrected chi connectivity index (χ1v) is 3.54. The normalized spacial score (nSPS) is 8.53. The van der Waals surface area contributed by atoms with E-state index in [1.807, 2.05) is 0 Å². The van der Waals surface area contributed by atoms with Crippen molar-refractivity contribution in [1.82, 2.24) is 0 Å². The van der Waals surface area contributed by atoms with E-state index in [0.717, 1.165) is 12.2 Å². The van der Waals surface area contributed by atoms with Gasteiger partial charge in [0.25, 0.3) is 0 Å². The van der Waals surface area contributed by atoms with Crippen molar-refractivity contribution in [2.24, 2.45) is 0 Å². The van der Waals surface area contributed by atoms with Gasteiger partial charge in [0.05, 0.1) is 11.9 Å². The van der Waals surface area contributed by atoms with Gasteiger partial charge in [0.2, 0.25) is 0 Å². The molecule has 0 fully saturated rings. The van der Waals surface area contributed by atoms with E-state index in [-0.39, 0.29) is 17.1 Å². The maximum absolute atomic E-state index is 9.51. The van der Waals surface area contributed by atoms with E-state index in [9.17, 15) is 19.8 Å².